The lowest BCUT2D eigenvalue weighted by molar-refractivity contribution is -0.384. The van der Waals surface area contributed by atoms with Gasteiger partial charge < -0.3 is 15.2 Å². The van der Waals surface area contributed by atoms with Crippen molar-refractivity contribution in [1.29, 1.82) is 0 Å². The first-order chi connectivity index (χ1) is 10.0. The van der Waals surface area contributed by atoms with Gasteiger partial charge >= 0.3 is 0 Å². The zero-order chi connectivity index (χ0) is 15.4. The molecule has 0 saturated heterocycles. The smallest absolute Gasteiger partial charge is 0.288 e. The highest BCUT2D eigenvalue weighted by molar-refractivity contribution is 6.32. The second-order valence-electron chi connectivity index (χ2n) is 4.27. The second-order valence-corrected chi connectivity index (χ2v) is 4.68. The quantitative estimate of drug-likeness (QED) is 0.651. The topological polar surface area (TPSA) is 84.6 Å². The normalized spacial score (nSPS) is 10.2. The fraction of sp³-hybridized carbons (Fsp3) is 0.143. The van der Waals surface area contributed by atoms with E-state index < -0.39 is 4.92 Å². The Balaban J connectivity index is 2.13. The molecule has 0 heterocycles. The maximum atomic E-state index is 10.7. The summed E-state index contributed by atoms with van der Waals surface area (Å²) in [6, 6.07) is 9.25. The summed E-state index contributed by atoms with van der Waals surface area (Å²) in [5.41, 5.74) is 1.11. The molecule has 0 aromatic heterocycles. The molecule has 0 aliphatic carbocycles. The molecule has 6 nitrogen and oxygen atoms in total. The van der Waals surface area contributed by atoms with Crippen molar-refractivity contribution >= 4 is 23.0 Å². The monoisotopic (exact) mass is 308 g/mol. The summed E-state index contributed by atoms with van der Waals surface area (Å²) < 4.78 is 5.09. The number of nitrogens with zero attached hydrogens (tertiary/aromatic N) is 1. The van der Waals surface area contributed by atoms with Gasteiger partial charge in [-0.25, -0.2) is 0 Å². The predicted molar refractivity (Wildman–Crippen MR) is 80.1 cm³/mol. The predicted octanol–water partition coefficient (Wildman–Crippen LogP) is 3.57. The first kappa shape index (κ1) is 14.9. The third-order valence-corrected chi connectivity index (χ3v) is 3.22. The van der Waals surface area contributed by atoms with E-state index in [1.807, 2.05) is 0 Å². The van der Waals surface area contributed by atoms with Gasteiger partial charge in [0.25, 0.3) is 5.69 Å². The van der Waals surface area contributed by atoms with Crippen molar-refractivity contribution in [2.75, 3.05) is 12.4 Å². The number of rotatable bonds is 5. The van der Waals surface area contributed by atoms with Gasteiger partial charge in [0.05, 0.1) is 12.0 Å². The minimum Gasteiger partial charge on any atom is -0.508 e. The number of halogens is 1. The molecule has 2 aromatic carbocycles. The van der Waals surface area contributed by atoms with Crippen LogP contribution in [0.1, 0.15) is 5.56 Å². The molecule has 2 rings (SSSR count). The van der Waals surface area contributed by atoms with Crippen molar-refractivity contribution in [3.05, 3.63) is 57.1 Å². The second kappa shape index (κ2) is 6.32. The van der Waals surface area contributed by atoms with E-state index >= 15 is 0 Å². The molecule has 0 spiro atoms. The van der Waals surface area contributed by atoms with Crippen LogP contribution in [0.4, 0.5) is 11.4 Å². The summed E-state index contributed by atoms with van der Waals surface area (Å²) in [6.45, 7) is 0.331. The van der Waals surface area contributed by atoms with Gasteiger partial charge in [-0.3, -0.25) is 10.1 Å². The van der Waals surface area contributed by atoms with Crippen molar-refractivity contribution < 1.29 is 14.8 Å². The third kappa shape index (κ3) is 3.55. The molecule has 0 amide bonds. The lowest BCUT2D eigenvalue weighted by Gasteiger charge is -2.10. The molecule has 110 valence electrons. The average molecular weight is 309 g/mol. The van der Waals surface area contributed by atoms with Crippen molar-refractivity contribution in [2.24, 2.45) is 0 Å². The fourth-order valence-corrected chi connectivity index (χ4v) is 2.04. The lowest BCUT2D eigenvalue weighted by Crippen LogP contribution is -2.00. The Morgan fingerprint density at radius 2 is 2.10 bits per heavy atom. The number of phenolic OH excluding ortho intramolecular Hbond substituents is 1. The van der Waals surface area contributed by atoms with Gasteiger partial charge in [0.1, 0.15) is 16.5 Å². The van der Waals surface area contributed by atoms with Gasteiger partial charge in [-0.15, -0.1) is 0 Å². The maximum Gasteiger partial charge on any atom is 0.288 e. The van der Waals surface area contributed by atoms with E-state index in [9.17, 15) is 15.2 Å². The van der Waals surface area contributed by atoms with Crippen LogP contribution < -0.4 is 10.1 Å². The van der Waals surface area contributed by atoms with E-state index in [0.717, 1.165) is 0 Å². The van der Waals surface area contributed by atoms with E-state index in [0.29, 0.717) is 23.5 Å². The lowest BCUT2D eigenvalue weighted by atomic mass is 10.2. The number of anilines is 1. The van der Waals surface area contributed by atoms with Crippen molar-refractivity contribution in [3.8, 4) is 11.5 Å². The molecule has 21 heavy (non-hydrogen) atoms. The largest absolute Gasteiger partial charge is 0.508 e. The Labute approximate surface area is 126 Å². The molecule has 0 aliphatic rings. The molecule has 0 saturated carbocycles. The van der Waals surface area contributed by atoms with Gasteiger partial charge in [-0.1, -0.05) is 11.6 Å². The maximum absolute atomic E-state index is 10.7. The number of nitro groups is 1. The number of aromatic hydroxyl groups is 1. The van der Waals surface area contributed by atoms with Gasteiger partial charge in [0, 0.05) is 23.9 Å². The highest BCUT2D eigenvalue weighted by Crippen LogP contribution is 2.28. The van der Waals surface area contributed by atoms with E-state index in [2.05, 4.69) is 5.32 Å². The Morgan fingerprint density at radius 1 is 1.33 bits per heavy atom. The molecule has 2 aromatic rings. The van der Waals surface area contributed by atoms with E-state index in [1.165, 1.54) is 12.1 Å². The van der Waals surface area contributed by atoms with Crippen LogP contribution in [0.2, 0.25) is 5.02 Å². The zero-order valence-corrected chi connectivity index (χ0v) is 11.9. The third-order valence-electron chi connectivity index (χ3n) is 2.91. The number of ether oxygens (including phenoxy) is 1. The molecule has 0 unspecified atom stereocenters. The average Bonchev–Trinajstić information content (AvgIpc) is 2.46. The van der Waals surface area contributed by atoms with Gasteiger partial charge in [0.15, 0.2) is 0 Å². The fourth-order valence-electron chi connectivity index (χ4n) is 1.79. The summed E-state index contributed by atoms with van der Waals surface area (Å²) in [4.78, 5) is 10.1. The standard InChI is InChI=1S/C14H13ClN2O4/c1-21-11-3-5-14(18)9(6-11)8-16-10-2-4-13(17(19)20)12(15)7-10/h2-7,16,18H,8H2,1H3. The van der Waals surface area contributed by atoms with E-state index in [4.69, 9.17) is 16.3 Å². The van der Waals surface area contributed by atoms with Gasteiger partial charge in [-0.2, -0.15) is 0 Å². The van der Waals surface area contributed by atoms with Crippen LogP contribution in [0.3, 0.4) is 0 Å². The molecule has 7 heteroatoms. The molecule has 0 aliphatic heterocycles. The minimum absolute atomic E-state index is 0.0554. The van der Waals surface area contributed by atoms with Crippen LogP contribution in [0.25, 0.3) is 0 Å². The molecular formula is C14H13ClN2O4. The Bertz CT molecular complexity index is 676. The summed E-state index contributed by atoms with van der Waals surface area (Å²) in [5.74, 6) is 0.766. The highest BCUT2D eigenvalue weighted by atomic mass is 35.5. The Morgan fingerprint density at radius 3 is 2.71 bits per heavy atom. The van der Waals surface area contributed by atoms with Crippen molar-refractivity contribution in [2.45, 2.75) is 6.54 Å². The van der Waals surface area contributed by atoms with Crippen molar-refractivity contribution in [1.82, 2.24) is 0 Å². The molecule has 0 atom stereocenters. The first-order valence-electron chi connectivity index (χ1n) is 6.05. The van der Waals surface area contributed by atoms with Crippen LogP contribution in [0.5, 0.6) is 11.5 Å². The summed E-state index contributed by atoms with van der Waals surface area (Å²) in [6.07, 6.45) is 0. The molecule has 0 radical (unpaired) electrons. The summed E-state index contributed by atoms with van der Waals surface area (Å²) >= 11 is 5.83. The van der Waals surface area contributed by atoms with Crippen molar-refractivity contribution in [3.63, 3.8) is 0 Å². The number of benzene rings is 2. The first-order valence-corrected chi connectivity index (χ1v) is 6.42. The molecule has 0 fully saturated rings. The summed E-state index contributed by atoms with van der Waals surface area (Å²) in [5, 5.41) is 23.5. The van der Waals surface area contributed by atoms with Gasteiger partial charge in [0.2, 0.25) is 0 Å². The van der Waals surface area contributed by atoms with Crippen LogP contribution in [0.15, 0.2) is 36.4 Å². The Kier molecular flexibility index (Phi) is 4.49. The Hall–Kier alpha value is -2.47. The SMILES string of the molecule is COc1ccc(O)c(CNc2ccc([N+](=O)[O-])c(Cl)c2)c1. The molecule has 0 bridgehead atoms. The number of phenols is 1. The number of nitro benzene ring substituents is 1. The molecule has 2 N–H and O–H groups in total. The van der Waals surface area contributed by atoms with E-state index in [-0.39, 0.29) is 16.5 Å². The van der Waals surface area contributed by atoms with Crippen LogP contribution in [0, 0.1) is 10.1 Å². The highest BCUT2D eigenvalue weighted by Gasteiger charge is 2.12. The van der Waals surface area contributed by atoms with Crippen LogP contribution in [-0.4, -0.2) is 17.1 Å². The number of nitrogens with one attached hydrogen (secondary N) is 1. The zero-order valence-electron chi connectivity index (χ0n) is 11.2. The van der Waals surface area contributed by atoms with Crippen LogP contribution in [-0.2, 0) is 6.54 Å². The number of hydrogen-bond acceptors (Lipinski definition) is 5. The molecular weight excluding hydrogens is 296 g/mol. The van der Waals surface area contributed by atoms with Crippen LogP contribution >= 0.6 is 11.6 Å². The summed E-state index contributed by atoms with van der Waals surface area (Å²) in [7, 11) is 1.54. The minimum atomic E-state index is -0.542. The van der Waals surface area contributed by atoms with E-state index in [1.54, 1.807) is 31.4 Å². The number of hydrogen-bond donors (Lipinski definition) is 2. The number of methoxy groups -OCH3 is 1. The van der Waals surface area contributed by atoms with Gasteiger partial charge in [-0.05, 0) is 30.3 Å².